The predicted molar refractivity (Wildman–Crippen MR) is 137 cm³/mol. The number of nitrogens with two attached hydrogens (primary N) is 1. The number of hydrogen-bond acceptors (Lipinski definition) is 7. The maximum absolute atomic E-state index is 12.9. The van der Waals surface area contributed by atoms with E-state index in [1.807, 2.05) is 31.6 Å². The molecule has 0 spiro atoms. The molecular weight excluding hydrogens is 460 g/mol. The highest BCUT2D eigenvalue weighted by molar-refractivity contribution is 6.07. The Hall–Kier alpha value is -4.08. The van der Waals surface area contributed by atoms with Crippen LogP contribution in [0.3, 0.4) is 0 Å². The number of nitrogens with zero attached hydrogens (tertiary/aromatic N) is 4. The van der Waals surface area contributed by atoms with Crippen molar-refractivity contribution in [3.63, 3.8) is 0 Å². The summed E-state index contributed by atoms with van der Waals surface area (Å²) in [5.74, 6) is 0.412. The summed E-state index contributed by atoms with van der Waals surface area (Å²) >= 11 is 0. The van der Waals surface area contributed by atoms with Crippen molar-refractivity contribution in [1.82, 2.24) is 19.7 Å². The Morgan fingerprint density at radius 3 is 2.56 bits per heavy atom. The summed E-state index contributed by atoms with van der Waals surface area (Å²) in [6.45, 7) is 6.80. The van der Waals surface area contributed by atoms with Crippen LogP contribution in [-0.2, 0) is 4.74 Å². The van der Waals surface area contributed by atoms with Crippen molar-refractivity contribution in [3.05, 3.63) is 54.5 Å². The Morgan fingerprint density at radius 2 is 1.86 bits per heavy atom. The van der Waals surface area contributed by atoms with Gasteiger partial charge in [-0.05, 0) is 51.8 Å². The number of piperidine rings is 1. The number of pyridine rings is 1. The van der Waals surface area contributed by atoms with E-state index in [9.17, 15) is 9.59 Å². The molecule has 0 atom stereocenters. The van der Waals surface area contributed by atoms with Gasteiger partial charge in [0, 0.05) is 48.4 Å². The van der Waals surface area contributed by atoms with Crippen molar-refractivity contribution >= 4 is 23.5 Å². The summed E-state index contributed by atoms with van der Waals surface area (Å²) in [6.07, 6.45) is 6.57. The van der Waals surface area contributed by atoms with Gasteiger partial charge in [-0.1, -0.05) is 6.07 Å². The van der Waals surface area contributed by atoms with Crippen molar-refractivity contribution in [2.45, 2.75) is 45.3 Å². The summed E-state index contributed by atoms with van der Waals surface area (Å²) in [5.41, 5.74) is 7.93. The largest absolute Gasteiger partial charge is 0.497 e. The molecule has 3 heterocycles. The predicted octanol–water partition coefficient (Wildman–Crippen LogP) is 4.36. The van der Waals surface area contributed by atoms with Gasteiger partial charge < -0.3 is 25.4 Å². The zero-order valence-corrected chi connectivity index (χ0v) is 21.0. The van der Waals surface area contributed by atoms with Crippen molar-refractivity contribution in [2.75, 3.05) is 31.2 Å². The van der Waals surface area contributed by atoms with Crippen LogP contribution in [0, 0.1) is 0 Å². The molecule has 0 radical (unpaired) electrons. The van der Waals surface area contributed by atoms with Gasteiger partial charge in [-0.2, -0.15) is 5.10 Å². The summed E-state index contributed by atoms with van der Waals surface area (Å²) in [5, 5.41) is 7.37. The maximum Gasteiger partial charge on any atom is 0.410 e. The molecule has 1 aliphatic rings. The molecule has 3 aromatic rings. The summed E-state index contributed by atoms with van der Waals surface area (Å²) < 4.78 is 12.6. The molecule has 0 saturated carbocycles. The minimum absolute atomic E-state index is 0.140. The van der Waals surface area contributed by atoms with Crippen LogP contribution in [0.15, 0.2) is 48.9 Å². The van der Waals surface area contributed by atoms with Gasteiger partial charge in [-0.25, -0.2) is 9.78 Å². The SMILES string of the molecule is COc1cccc(NC(=O)c2cc(-c3cnn(C4CCN(C(=O)OC(C)(C)C)CC4)c3)cnc2N)c1. The fraction of sp³-hybridized carbons (Fsp3) is 0.385. The monoisotopic (exact) mass is 492 g/mol. The number of likely N-dealkylation sites (tertiary alicyclic amines) is 1. The molecule has 1 aliphatic heterocycles. The molecule has 1 saturated heterocycles. The summed E-state index contributed by atoms with van der Waals surface area (Å²) in [4.78, 5) is 31.2. The first-order valence-corrected chi connectivity index (χ1v) is 11.9. The van der Waals surface area contributed by atoms with E-state index in [1.165, 1.54) is 0 Å². The first-order valence-electron chi connectivity index (χ1n) is 11.9. The second-order valence-electron chi connectivity index (χ2n) is 9.75. The average Bonchev–Trinajstić information content (AvgIpc) is 3.34. The highest BCUT2D eigenvalue weighted by Crippen LogP contribution is 2.28. The molecule has 0 aliphatic carbocycles. The summed E-state index contributed by atoms with van der Waals surface area (Å²) in [6, 6.07) is 8.96. The fourth-order valence-electron chi connectivity index (χ4n) is 4.04. The van der Waals surface area contributed by atoms with Crippen LogP contribution in [-0.4, -0.2) is 57.5 Å². The third-order valence-electron chi connectivity index (χ3n) is 5.92. The van der Waals surface area contributed by atoms with Crippen LogP contribution in [0.2, 0.25) is 0 Å². The minimum atomic E-state index is -0.512. The molecule has 0 bridgehead atoms. The van der Waals surface area contributed by atoms with Crippen LogP contribution in [0.5, 0.6) is 5.75 Å². The quantitative estimate of drug-likeness (QED) is 0.542. The normalized spacial score (nSPS) is 14.4. The van der Waals surface area contributed by atoms with Gasteiger partial charge in [-0.15, -0.1) is 0 Å². The van der Waals surface area contributed by atoms with Gasteiger partial charge in [0.1, 0.15) is 17.2 Å². The number of benzene rings is 1. The van der Waals surface area contributed by atoms with E-state index < -0.39 is 5.60 Å². The Morgan fingerprint density at radius 1 is 1.11 bits per heavy atom. The standard InChI is InChI=1S/C26H32N6O4/c1-26(2,3)36-25(34)31-10-8-20(9-11-31)32-16-18(15-29-32)17-12-22(23(27)28-14-17)24(33)30-19-6-5-7-21(13-19)35-4/h5-7,12-16,20H,8-11H2,1-4H3,(H2,27,28)(H,30,33). The number of hydrogen-bond donors (Lipinski definition) is 2. The zero-order valence-electron chi connectivity index (χ0n) is 21.0. The van der Waals surface area contributed by atoms with Crippen molar-refractivity contribution in [2.24, 2.45) is 0 Å². The molecule has 10 heteroatoms. The van der Waals surface area contributed by atoms with Gasteiger partial charge in [-0.3, -0.25) is 9.48 Å². The number of aromatic nitrogens is 3. The van der Waals surface area contributed by atoms with E-state index in [-0.39, 0.29) is 29.4 Å². The second-order valence-corrected chi connectivity index (χ2v) is 9.75. The van der Waals surface area contributed by atoms with Gasteiger partial charge in [0.25, 0.3) is 5.91 Å². The smallest absolute Gasteiger partial charge is 0.410 e. The van der Waals surface area contributed by atoms with Gasteiger partial charge in [0.05, 0.1) is 24.9 Å². The molecule has 190 valence electrons. The van der Waals surface area contributed by atoms with E-state index in [0.29, 0.717) is 24.5 Å². The Kier molecular flexibility index (Phi) is 7.14. The van der Waals surface area contributed by atoms with Gasteiger partial charge in [0.2, 0.25) is 0 Å². The third kappa shape index (κ3) is 5.94. The molecule has 10 nitrogen and oxygen atoms in total. The molecule has 0 unspecified atom stereocenters. The van der Waals surface area contributed by atoms with Crippen LogP contribution >= 0.6 is 0 Å². The van der Waals surface area contributed by atoms with Crippen LogP contribution in [0.25, 0.3) is 11.1 Å². The number of anilines is 2. The van der Waals surface area contributed by atoms with Crippen molar-refractivity contribution < 1.29 is 19.1 Å². The number of ether oxygens (including phenoxy) is 2. The number of carbonyl (C=O) groups is 2. The number of rotatable bonds is 5. The van der Waals surface area contributed by atoms with Gasteiger partial charge in [0.15, 0.2) is 0 Å². The molecule has 1 aromatic carbocycles. The lowest BCUT2D eigenvalue weighted by molar-refractivity contribution is 0.0184. The lowest BCUT2D eigenvalue weighted by Crippen LogP contribution is -2.42. The van der Waals surface area contributed by atoms with E-state index in [0.717, 1.165) is 24.0 Å². The van der Waals surface area contributed by atoms with Crippen LogP contribution in [0.4, 0.5) is 16.3 Å². The first kappa shape index (κ1) is 25.0. The third-order valence-corrected chi connectivity index (χ3v) is 5.92. The van der Waals surface area contributed by atoms with Crippen molar-refractivity contribution in [1.29, 1.82) is 0 Å². The lowest BCUT2D eigenvalue weighted by Gasteiger charge is -2.33. The van der Waals surface area contributed by atoms with E-state index in [2.05, 4.69) is 15.4 Å². The summed E-state index contributed by atoms with van der Waals surface area (Å²) in [7, 11) is 1.57. The van der Waals surface area contributed by atoms with Crippen LogP contribution in [0.1, 0.15) is 50.0 Å². The minimum Gasteiger partial charge on any atom is -0.497 e. The second kappa shape index (κ2) is 10.3. The Bertz CT molecular complexity index is 1240. The van der Waals surface area contributed by atoms with E-state index in [4.69, 9.17) is 15.2 Å². The number of nitrogens with one attached hydrogen (secondary N) is 1. The Balaban J connectivity index is 1.43. The van der Waals surface area contributed by atoms with Crippen molar-refractivity contribution in [3.8, 4) is 16.9 Å². The van der Waals surface area contributed by atoms with E-state index in [1.54, 1.807) is 54.7 Å². The first-order chi connectivity index (χ1) is 17.1. The lowest BCUT2D eigenvalue weighted by atomic mass is 10.1. The molecule has 2 amide bonds. The number of amides is 2. The average molecular weight is 493 g/mol. The molecule has 3 N–H and O–H groups in total. The van der Waals surface area contributed by atoms with Gasteiger partial charge >= 0.3 is 6.09 Å². The molecule has 4 rings (SSSR count). The maximum atomic E-state index is 12.9. The number of carbonyl (C=O) groups excluding carboxylic acids is 2. The fourth-order valence-corrected chi connectivity index (χ4v) is 4.04. The molecular formula is C26H32N6O4. The number of nitrogen functional groups attached to an aromatic ring is 1. The highest BCUT2D eigenvalue weighted by Gasteiger charge is 2.28. The molecule has 36 heavy (non-hydrogen) atoms. The zero-order chi connectivity index (χ0) is 25.9. The molecule has 2 aromatic heterocycles. The topological polar surface area (TPSA) is 125 Å². The Labute approximate surface area is 210 Å². The molecule has 1 fully saturated rings. The van der Waals surface area contributed by atoms with E-state index >= 15 is 0 Å². The number of methoxy groups -OCH3 is 1. The highest BCUT2D eigenvalue weighted by atomic mass is 16.6. The van der Waals surface area contributed by atoms with Crippen LogP contribution < -0.4 is 15.8 Å².